The molecule has 1 aromatic heterocycles. The van der Waals surface area contributed by atoms with Gasteiger partial charge in [0.1, 0.15) is 5.75 Å². The van der Waals surface area contributed by atoms with Gasteiger partial charge in [0.05, 0.1) is 0 Å². The van der Waals surface area contributed by atoms with Crippen LogP contribution in [0, 0.1) is 0 Å². The molecule has 0 aliphatic carbocycles. The summed E-state index contributed by atoms with van der Waals surface area (Å²) in [6, 6.07) is 24.0. The number of hydrogen-bond acceptors (Lipinski definition) is 4. The van der Waals surface area contributed by atoms with Gasteiger partial charge in [0, 0.05) is 68.0 Å². The third-order valence-corrected chi connectivity index (χ3v) is 6.90. The van der Waals surface area contributed by atoms with Crippen LogP contribution in [0.3, 0.4) is 0 Å². The third-order valence-electron chi connectivity index (χ3n) is 6.90. The molecule has 7 nitrogen and oxygen atoms in total. The molecule has 1 fully saturated rings. The number of anilines is 2. The van der Waals surface area contributed by atoms with Crippen LogP contribution >= 0.6 is 0 Å². The highest BCUT2D eigenvalue weighted by molar-refractivity contribution is 5.95. The van der Waals surface area contributed by atoms with E-state index in [9.17, 15) is 9.59 Å². The number of carbonyl (C=O) groups is 2. The topological polar surface area (TPSA) is 77.7 Å². The number of hydrogen-bond donors (Lipinski definition) is 2. The van der Waals surface area contributed by atoms with E-state index < -0.39 is 0 Å². The lowest BCUT2D eigenvalue weighted by Gasteiger charge is -2.20. The van der Waals surface area contributed by atoms with E-state index in [-0.39, 0.29) is 24.3 Å². The minimum Gasteiger partial charge on any atom is -0.484 e. The summed E-state index contributed by atoms with van der Waals surface area (Å²) in [6.45, 7) is 1.11. The minimum atomic E-state index is -0.187. The average molecular weight is 497 g/mol. The number of nitrogens with zero attached hydrogens (tertiary/aromatic N) is 2. The van der Waals surface area contributed by atoms with Gasteiger partial charge in [0.15, 0.2) is 6.61 Å². The van der Waals surface area contributed by atoms with Crippen molar-refractivity contribution in [2.75, 3.05) is 43.6 Å². The van der Waals surface area contributed by atoms with Gasteiger partial charge in [-0.15, -0.1) is 0 Å². The lowest BCUT2D eigenvalue weighted by Crippen LogP contribution is -2.32. The Balaban J connectivity index is 1.25. The molecule has 0 saturated carbocycles. The van der Waals surface area contributed by atoms with Gasteiger partial charge >= 0.3 is 0 Å². The Labute approximate surface area is 217 Å². The summed E-state index contributed by atoms with van der Waals surface area (Å²) in [5, 5.41) is 4.21. The first-order chi connectivity index (χ1) is 18.0. The van der Waals surface area contributed by atoms with Crippen LogP contribution in [0.15, 0.2) is 79.0 Å². The van der Waals surface area contributed by atoms with E-state index >= 15 is 0 Å². The van der Waals surface area contributed by atoms with Crippen LogP contribution in [-0.2, 0) is 9.59 Å². The van der Waals surface area contributed by atoms with Gasteiger partial charge in [0.25, 0.3) is 5.91 Å². The highest BCUT2D eigenvalue weighted by atomic mass is 16.5. The van der Waals surface area contributed by atoms with Crippen LogP contribution < -0.4 is 19.9 Å². The van der Waals surface area contributed by atoms with Crippen LogP contribution in [0.2, 0.25) is 0 Å². The summed E-state index contributed by atoms with van der Waals surface area (Å²) in [5.41, 5.74) is 5.33. The fourth-order valence-corrected chi connectivity index (χ4v) is 4.85. The number of aromatic amines is 1. The Hall–Kier alpha value is -4.26. The van der Waals surface area contributed by atoms with Crippen LogP contribution in [0.25, 0.3) is 10.9 Å². The molecular weight excluding hydrogens is 464 g/mol. The van der Waals surface area contributed by atoms with E-state index in [0.29, 0.717) is 18.7 Å². The standard InChI is InChI=1S/C30H32N4O3/c1-33(2)22-11-9-21(10-12-22)26(27-19-31-28-7-4-3-6-25(27)28)18-32-29(35)20-37-24-15-13-23(14-16-24)34-17-5-8-30(34)36/h3-4,6-7,9-16,19,26,31H,5,8,17-18,20H2,1-2H3,(H,32,35). The fourth-order valence-electron chi connectivity index (χ4n) is 4.85. The molecule has 2 amide bonds. The molecule has 190 valence electrons. The van der Waals surface area contributed by atoms with Crippen molar-refractivity contribution in [3.8, 4) is 5.75 Å². The molecule has 5 rings (SSSR count). The Morgan fingerprint density at radius 1 is 1.05 bits per heavy atom. The number of H-pyrrole nitrogens is 1. The van der Waals surface area contributed by atoms with Gasteiger partial charge in [-0.2, -0.15) is 0 Å². The number of amides is 2. The van der Waals surface area contributed by atoms with E-state index in [2.05, 4.69) is 51.6 Å². The van der Waals surface area contributed by atoms with Crippen molar-refractivity contribution < 1.29 is 14.3 Å². The molecule has 0 bridgehead atoms. The summed E-state index contributed by atoms with van der Waals surface area (Å²) < 4.78 is 5.73. The van der Waals surface area contributed by atoms with Crippen molar-refractivity contribution in [1.82, 2.24) is 10.3 Å². The number of aromatic nitrogens is 1. The largest absolute Gasteiger partial charge is 0.484 e. The van der Waals surface area contributed by atoms with Crippen molar-refractivity contribution in [2.24, 2.45) is 0 Å². The van der Waals surface area contributed by atoms with Gasteiger partial charge in [-0.1, -0.05) is 30.3 Å². The van der Waals surface area contributed by atoms with E-state index in [1.54, 1.807) is 17.0 Å². The van der Waals surface area contributed by atoms with Crippen molar-refractivity contribution in [2.45, 2.75) is 18.8 Å². The first-order valence-corrected chi connectivity index (χ1v) is 12.6. The first kappa shape index (κ1) is 24.4. The molecule has 1 aliphatic heterocycles. The zero-order valence-corrected chi connectivity index (χ0v) is 21.2. The molecule has 1 unspecified atom stereocenters. The zero-order chi connectivity index (χ0) is 25.8. The van der Waals surface area contributed by atoms with Crippen LogP contribution in [0.4, 0.5) is 11.4 Å². The van der Waals surface area contributed by atoms with Gasteiger partial charge in [-0.25, -0.2) is 0 Å². The number of carbonyl (C=O) groups excluding carboxylic acids is 2. The number of ether oxygens (including phenoxy) is 1. The second kappa shape index (κ2) is 10.8. The monoisotopic (exact) mass is 496 g/mol. The molecule has 1 atom stereocenters. The molecule has 0 radical (unpaired) electrons. The molecule has 1 aliphatic rings. The SMILES string of the molecule is CN(C)c1ccc(C(CNC(=O)COc2ccc(N3CCCC3=O)cc2)c2c[nH]c3ccccc23)cc1. The second-order valence-corrected chi connectivity index (χ2v) is 9.56. The maximum absolute atomic E-state index is 12.7. The summed E-state index contributed by atoms with van der Waals surface area (Å²) in [7, 11) is 4.04. The number of nitrogens with one attached hydrogen (secondary N) is 2. The predicted molar refractivity (Wildman–Crippen MR) is 147 cm³/mol. The van der Waals surface area contributed by atoms with Crippen molar-refractivity contribution >= 4 is 34.1 Å². The lowest BCUT2D eigenvalue weighted by molar-refractivity contribution is -0.123. The molecule has 37 heavy (non-hydrogen) atoms. The molecule has 3 aromatic carbocycles. The third kappa shape index (κ3) is 5.45. The number of rotatable bonds is 9. The Kier molecular flexibility index (Phi) is 7.12. The van der Waals surface area contributed by atoms with Gasteiger partial charge < -0.3 is 24.8 Å². The van der Waals surface area contributed by atoms with Crippen LogP contribution in [0.5, 0.6) is 5.75 Å². The zero-order valence-electron chi connectivity index (χ0n) is 21.2. The van der Waals surface area contributed by atoms with Crippen molar-refractivity contribution in [1.29, 1.82) is 0 Å². The van der Waals surface area contributed by atoms with Crippen LogP contribution in [-0.4, -0.2) is 50.6 Å². The molecule has 4 aromatic rings. The normalized spacial score (nSPS) is 14.1. The highest BCUT2D eigenvalue weighted by Gasteiger charge is 2.22. The Morgan fingerprint density at radius 2 is 1.81 bits per heavy atom. The van der Waals surface area contributed by atoms with E-state index in [4.69, 9.17) is 4.74 Å². The first-order valence-electron chi connectivity index (χ1n) is 12.6. The Bertz CT molecular complexity index is 1380. The smallest absolute Gasteiger partial charge is 0.257 e. The quantitative estimate of drug-likeness (QED) is 0.353. The second-order valence-electron chi connectivity index (χ2n) is 9.56. The van der Waals surface area contributed by atoms with Gasteiger partial charge in [0.2, 0.25) is 5.91 Å². The molecule has 2 N–H and O–H groups in total. The van der Waals surface area contributed by atoms with Crippen LogP contribution in [0.1, 0.15) is 29.9 Å². The predicted octanol–water partition coefficient (Wildman–Crippen LogP) is 4.69. The molecule has 7 heteroatoms. The molecular formula is C30H32N4O3. The van der Waals surface area contributed by atoms with Gasteiger partial charge in [-0.05, 0) is 60.0 Å². The average Bonchev–Trinajstić information content (AvgIpc) is 3.54. The maximum atomic E-state index is 12.7. The molecule has 1 saturated heterocycles. The molecule has 0 spiro atoms. The summed E-state index contributed by atoms with van der Waals surface area (Å²) in [5.74, 6) is 0.536. The maximum Gasteiger partial charge on any atom is 0.257 e. The number of fused-ring (bicyclic) bond motifs is 1. The summed E-state index contributed by atoms with van der Waals surface area (Å²) in [6.07, 6.45) is 3.51. The van der Waals surface area contributed by atoms with E-state index in [1.807, 2.05) is 44.6 Å². The highest BCUT2D eigenvalue weighted by Crippen LogP contribution is 2.31. The van der Waals surface area contributed by atoms with Gasteiger partial charge in [-0.3, -0.25) is 9.59 Å². The molecule has 2 heterocycles. The fraction of sp³-hybridized carbons (Fsp3) is 0.267. The Morgan fingerprint density at radius 3 is 2.51 bits per heavy atom. The number of benzene rings is 3. The number of para-hydroxylation sites is 1. The van der Waals surface area contributed by atoms with Crippen molar-refractivity contribution in [3.05, 3.63) is 90.1 Å². The van der Waals surface area contributed by atoms with E-state index in [0.717, 1.165) is 46.4 Å². The van der Waals surface area contributed by atoms with E-state index in [1.165, 1.54) is 0 Å². The summed E-state index contributed by atoms with van der Waals surface area (Å²) >= 11 is 0. The minimum absolute atomic E-state index is 0.0198. The summed E-state index contributed by atoms with van der Waals surface area (Å²) in [4.78, 5) is 31.9. The van der Waals surface area contributed by atoms with Crippen molar-refractivity contribution in [3.63, 3.8) is 0 Å². The lowest BCUT2D eigenvalue weighted by atomic mass is 9.90.